The molecule has 0 aliphatic carbocycles. The molecule has 0 spiro atoms. The Morgan fingerprint density at radius 3 is 2.46 bits per heavy atom. The van der Waals surface area contributed by atoms with Crippen molar-refractivity contribution in [2.45, 2.75) is 37.2 Å². The van der Waals surface area contributed by atoms with E-state index in [4.69, 9.17) is 0 Å². The number of carbonyl (C=O) groups is 1. The van der Waals surface area contributed by atoms with E-state index in [0.29, 0.717) is 31.0 Å². The van der Waals surface area contributed by atoms with Crippen LogP contribution in [0.4, 0.5) is 4.39 Å². The third kappa shape index (κ3) is 5.66. The minimum absolute atomic E-state index is 0.0101. The predicted molar refractivity (Wildman–Crippen MR) is 108 cm³/mol. The lowest BCUT2D eigenvalue weighted by Crippen LogP contribution is -2.24. The van der Waals surface area contributed by atoms with Crippen LogP contribution in [0.3, 0.4) is 0 Å². The van der Waals surface area contributed by atoms with Gasteiger partial charge in [0.25, 0.3) is 0 Å². The Morgan fingerprint density at radius 1 is 1.07 bits per heavy atom. The van der Waals surface area contributed by atoms with Crippen molar-refractivity contribution >= 4 is 17.7 Å². The smallest absolute Gasteiger partial charge is 0.220 e. The average Bonchev–Trinajstić information content (AvgIpc) is 3.05. The summed E-state index contributed by atoms with van der Waals surface area (Å²) in [6.45, 7) is 2.39. The van der Waals surface area contributed by atoms with Crippen LogP contribution in [0.5, 0.6) is 0 Å². The molecule has 146 valence electrons. The molecule has 0 unspecified atom stereocenters. The first kappa shape index (κ1) is 20.1. The maximum atomic E-state index is 13.0. The summed E-state index contributed by atoms with van der Waals surface area (Å²) in [5.41, 5.74) is 3.38. The molecule has 1 amide bonds. The second-order valence-electron chi connectivity index (χ2n) is 6.64. The number of thioether (sulfide) groups is 1. The van der Waals surface area contributed by atoms with Gasteiger partial charge in [0.2, 0.25) is 5.91 Å². The van der Waals surface area contributed by atoms with Gasteiger partial charge >= 0.3 is 0 Å². The van der Waals surface area contributed by atoms with E-state index in [9.17, 15) is 9.18 Å². The van der Waals surface area contributed by atoms with Gasteiger partial charge in [0, 0.05) is 19.2 Å². The number of nitrogens with zero attached hydrogens (tertiary/aromatic N) is 3. The summed E-state index contributed by atoms with van der Waals surface area (Å²) in [6.07, 6.45) is 1.15. The first-order valence-corrected chi connectivity index (χ1v) is 10.1. The monoisotopic (exact) mass is 398 g/mol. The minimum atomic E-state index is -0.243. The van der Waals surface area contributed by atoms with Crippen LogP contribution in [-0.4, -0.2) is 20.7 Å². The van der Waals surface area contributed by atoms with E-state index in [1.54, 1.807) is 12.1 Å². The SMILES string of the molecule is Cc1ccc(CCC(=O)NCc2nnc(SCc3ccc(F)cc3)n2C)cc1. The lowest BCUT2D eigenvalue weighted by atomic mass is 10.1. The van der Waals surface area contributed by atoms with Crippen molar-refractivity contribution in [2.75, 3.05) is 0 Å². The maximum Gasteiger partial charge on any atom is 0.220 e. The molecule has 0 atom stereocenters. The van der Waals surface area contributed by atoms with Crippen LogP contribution in [-0.2, 0) is 30.6 Å². The summed E-state index contributed by atoms with van der Waals surface area (Å²) >= 11 is 1.52. The minimum Gasteiger partial charge on any atom is -0.349 e. The molecule has 28 heavy (non-hydrogen) atoms. The first-order valence-electron chi connectivity index (χ1n) is 9.09. The molecular weight excluding hydrogens is 375 g/mol. The number of hydrogen-bond donors (Lipinski definition) is 1. The van der Waals surface area contributed by atoms with Gasteiger partial charge in [-0.25, -0.2) is 4.39 Å². The number of nitrogens with one attached hydrogen (secondary N) is 1. The Labute approximate surface area is 168 Å². The second kappa shape index (κ2) is 9.50. The highest BCUT2D eigenvalue weighted by Crippen LogP contribution is 2.21. The Kier molecular flexibility index (Phi) is 6.81. The van der Waals surface area contributed by atoms with Crippen molar-refractivity contribution < 1.29 is 9.18 Å². The van der Waals surface area contributed by atoms with Crippen LogP contribution in [0, 0.1) is 12.7 Å². The Balaban J connectivity index is 1.46. The van der Waals surface area contributed by atoms with Gasteiger partial charge in [-0.1, -0.05) is 53.7 Å². The second-order valence-corrected chi connectivity index (χ2v) is 7.58. The van der Waals surface area contributed by atoms with Gasteiger partial charge in [-0.05, 0) is 36.6 Å². The molecule has 5 nitrogen and oxygen atoms in total. The van der Waals surface area contributed by atoms with Crippen molar-refractivity contribution in [2.24, 2.45) is 7.05 Å². The fourth-order valence-electron chi connectivity index (χ4n) is 2.63. The van der Waals surface area contributed by atoms with Crippen molar-refractivity contribution in [1.82, 2.24) is 20.1 Å². The number of rotatable bonds is 8. The largest absolute Gasteiger partial charge is 0.349 e. The molecule has 0 bridgehead atoms. The van der Waals surface area contributed by atoms with Crippen LogP contribution in [0.1, 0.15) is 28.9 Å². The van der Waals surface area contributed by atoms with Gasteiger partial charge in [0.15, 0.2) is 11.0 Å². The van der Waals surface area contributed by atoms with Gasteiger partial charge in [0.05, 0.1) is 6.54 Å². The zero-order chi connectivity index (χ0) is 19.9. The van der Waals surface area contributed by atoms with Gasteiger partial charge < -0.3 is 9.88 Å². The number of benzene rings is 2. The topological polar surface area (TPSA) is 59.8 Å². The van der Waals surface area contributed by atoms with E-state index in [1.165, 1.54) is 29.5 Å². The van der Waals surface area contributed by atoms with Crippen molar-refractivity contribution in [3.05, 3.63) is 76.9 Å². The van der Waals surface area contributed by atoms with E-state index in [0.717, 1.165) is 16.3 Å². The molecular formula is C21H23FN4OS. The van der Waals surface area contributed by atoms with Crippen molar-refractivity contribution in [3.63, 3.8) is 0 Å². The van der Waals surface area contributed by atoms with Crippen LogP contribution in [0.25, 0.3) is 0 Å². The van der Waals surface area contributed by atoms with Crippen LogP contribution < -0.4 is 5.32 Å². The highest BCUT2D eigenvalue weighted by Gasteiger charge is 2.11. The van der Waals surface area contributed by atoms with Gasteiger partial charge in [-0.2, -0.15) is 0 Å². The zero-order valence-corrected chi connectivity index (χ0v) is 16.8. The molecule has 0 aliphatic heterocycles. The molecule has 7 heteroatoms. The van der Waals surface area contributed by atoms with Crippen molar-refractivity contribution in [1.29, 1.82) is 0 Å². The number of aryl methyl sites for hydroxylation is 2. The molecule has 1 N–H and O–H groups in total. The Bertz CT molecular complexity index is 923. The maximum absolute atomic E-state index is 13.0. The summed E-state index contributed by atoms with van der Waals surface area (Å²) in [7, 11) is 1.88. The Hall–Kier alpha value is -2.67. The van der Waals surface area contributed by atoms with Crippen LogP contribution >= 0.6 is 11.8 Å². The highest BCUT2D eigenvalue weighted by molar-refractivity contribution is 7.98. The average molecular weight is 399 g/mol. The van der Waals surface area contributed by atoms with Gasteiger partial charge in [0.1, 0.15) is 5.82 Å². The number of halogens is 1. The summed E-state index contributed by atoms with van der Waals surface area (Å²) in [5.74, 6) is 1.12. The van der Waals surface area contributed by atoms with E-state index in [-0.39, 0.29) is 11.7 Å². The van der Waals surface area contributed by atoms with E-state index < -0.39 is 0 Å². The Morgan fingerprint density at radius 2 is 1.75 bits per heavy atom. The summed E-state index contributed by atoms with van der Waals surface area (Å²) in [4.78, 5) is 12.1. The number of amides is 1. The fourth-order valence-corrected chi connectivity index (χ4v) is 3.52. The molecule has 0 radical (unpaired) electrons. The molecule has 3 aromatic rings. The third-order valence-electron chi connectivity index (χ3n) is 4.41. The predicted octanol–water partition coefficient (Wildman–Crippen LogP) is 3.80. The summed E-state index contributed by atoms with van der Waals surface area (Å²) in [6, 6.07) is 14.6. The normalized spacial score (nSPS) is 10.8. The van der Waals surface area contributed by atoms with E-state index >= 15 is 0 Å². The van der Waals surface area contributed by atoms with Crippen molar-refractivity contribution in [3.8, 4) is 0 Å². The lowest BCUT2D eigenvalue weighted by Gasteiger charge is -2.06. The number of hydrogen-bond acceptors (Lipinski definition) is 4. The van der Waals surface area contributed by atoms with E-state index in [1.807, 2.05) is 18.5 Å². The standard InChI is InChI=1S/C21H23FN4OS/c1-15-3-5-16(6-4-15)9-12-20(27)23-13-19-24-25-21(26(19)2)28-14-17-7-10-18(22)11-8-17/h3-8,10-11H,9,12-14H2,1-2H3,(H,23,27). The molecule has 1 aromatic heterocycles. The molecule has 0 saturated heterocycles. The molecule has 1 heterocycles. The third-order valence-corrected chi connectivity index (χ3v) is 5.50. The fraction of sp³-hybridized carbons (Fsp3) is 0.286. The van der Waals surface area contributed by atoms with Crippen LogP contribution in [0.15, 0.2) is 53.7 Å². The molecule has 0 aliphatic rings. The molecule has 0 saturated carbocycles. The molecule has 2 aromatic carbocycles. The summed E-state index contributed by atoms with van der Waals surface area (Å²) in [5, 5.41) is 12.0. The van der Waals surface area contributed by atoms with Crippen LogP contribution in [0.2, 0.25) is 0 Å². The quantitative estimate of drug-likeness (QED) is 0.586. The highest BCUT2D eigenvalue weighted by atomic mass is 32.2. The molecule has 3 rings (SSSR count). The lowest BCUT2D eigenvalue weighted by molar-refractivity contribution is -0.121. The van der Waals surface area contributed by atoms with Gasteiger partial charge in [-0.15, -0.1) is 10.2 Å². The van der Waals surface area contributed by atoms with Gasteiger partial charge in [-0.3, -0.25) is 4.79 Å². The van der Waals surface area contributed by atoms with E-state index in [2.05, 4.69) is 39.8 Å². The zero-order valence-electron chi connectivity index (χ0n) is 16.0. The summed E-state index contributed by atoms with van der Waals surface area (Å²) < 4.78 is 14.8. The number of aromatic nitrogens is 3. The first-order chi connectivity index (χ1) is 13.5. The number of carbonyl (C=O) groups excluding carboxylic acids is 1. The molecule has 0 fully saturated rings.